The van der Waals surface area contributed by atoms with E-state index in [2.05, 4.69) is 4.90 Å². The van der Waals surface area contributed by atoms with Crippen LogP contribution in [0.5, 0.6) is 11.5 Å². The molecule has 194 valence electrons. The van der Waals surface area contributed by atoms with E-state index >= 15 is 0 Å². The summed E-state index contributed by atoms with van der Waals surface area (Å²) in [5.41, 5.74) is 1.16. The topological polar surface area (TPSA) is 92.3 Å². The maximum Gasteiger partial charge on any atom is 0.260 e. The van der Waals surface area contributed by atoms with Crippen molar-refractivity contribution in [1.29, 1.82) is 0 Å². The Morgan fingerprint density at radius 3 is 2.39 bits per heavy atom. The molecule has 1 saturated heterocycles. The van der Waals surface area contributed by atoms with Gasteiger partial charge in [-0.15, -0.1) is 12.4 Å². The zero-order valence-corrected chi connectivity index (χ0v) is 22.6. The van der Waals surface area contributed by atoms with Gasteiger partial charge in [0, 0.05) is 37.3 Å². The summed E-state index contributed by atoms with van der Waals surface area (Å²) in [6.07, 6.45) is 2.51. The fourth-order valence-corrected chi connectivity index (χ4v) is 6.77. The van der Waals surface area contributed by atoms with Crippen molar-refractivity contribution in [3.63, 3.8) is 0 Å². The lowest BCUT2D eigenvalue weighted by molar-refractivity contribution is 0.0986. The van der Waals surface area contributed by atoms with E-state index in [9.17, 15) is 13.2 Å². The van der Waals surface area contributed by atoms with Gasteiger partial charge in [0.2, 0.25) is 16.8 Å². The minimum Gasteiger partial charge on any atom is -0.454 e. The molecule has 1 amide bonds. The predicted octanol–water partition coefficient (Wildman–Crippen LogP) is 3.83. The molecule has 0 atom stereocenters. The molecule has 36 heavy (non-hydrogen) atoms. The first-order valence-corrected chi connectivity index (χ1v) is 13.9. The third kappa shape index (κ3) is 5.30. The Bertz CT molecular complexity index is 1300. The van der Waals surface area contributed by atoms with Gasteiger partial charge in [0.15, 0.2) is 16.6 Å². The highest BCUT2D eigenvalue weighted by Crippen LogP contribution is 2.40. The number of hydrogen-bond acceptors (Lipinski definition) is 8. The van der Waals surface area contributed by atoms with Gasteiger partial charge in [0.05, 0.1) is 15.1 Å². The lowest BCUT2D eigenvalue weighted by atomic mass is 10.2. The second-order valence-electron chi connectivity index (χ2n) is 8.92. The minimum absolute atomic E-state index is 0. The Morgan fingerprint density at radius 1 is 1.06 bits per heavy atom. The van der Waals surface area contributed by atoms with Crippen LogP contribution in [-0.4, -0.2) is 75.6 Å². The largest absolute Gasteiger partial charge is 0.454 e. The van der Waals surface area contributed by atoms with Crippen LogP contribution in [-0.2, 0) is 10.0 Å². The standard InChI is InChI=1S/C24H28N4O5S2.ClH/c1-26(2)10-5-13-28(24-25-19-14-20-21(33-16-32-20)15-22(19)34-24)23(29)17-6-8-18(9-7-17)35(30,31)27-11-3-4-12-27;/h6-9,14-15H,3-5,10-13,16H2,1-2H3;1H. The van der Waals surface area contributed by atoms with Crippen LogP contribution in [0.15, 0.2) is 41.3 Å². The Labute approximate surface area is 221 Å². The number of carbonyl (C=O) groups is 1. The third-order valence-electron chi connectivity index (χ3n) is 6.14. The first-order chi connectivity index (χ1) is 16.8. The molecule has 2 aromatic carbocycles. The van der Waals surface area contributed by atoms with Crippen LogP contribution in [0.2, 0.25) is 0 Å². The zero-order valence-electron chi connectivity index (χ0n) is 20.2. The van der Waals surface area contributed by atoms with E-state index in [1.807, 2.05) is 26.2 Å². The summed E-state index contributed by atoms with van der Waals surface area (Å²) in [4.78, 5) is 22.3. The second kappa shape index (κ2) is 10.9. The van der Waals surface area contributed by atoms with Crippen molar-refractivity contribution in [2.24, 2.45) is 0 Å². The van der Waals surface area contributed by atoms with Gasteiger partial charge < -0.3 is 14.4 Å². The van der Waals surface area contributed by atoms with Crippen molar-refractivity contribution in [3.05, 3.63) is 42.0 Å². The van der Waals surface area contributed by atoms with Crippen LogP contribution in [0.1, 0.15) is 29.6 Å². The molecule has 0 spiro atoms. The lowest BCUT2D eigenvalue weighted by Gasteiger charge is -2.21. The minimum atomic E-state index is -3.53. The van der Waals surface area contributed by atoms with Gasteiger partial charge in [-0.05, 0) is 64.2 Å². The van der Waals surface area contributed by atoms with Crippen molar-refractivity contribution in [2.45, 2.75) is 24.2 Å². The summed E-state index contributed by atoms with van der Waals surface area (Å²) in [6.45, 7) is 2.58. The van der Waals surface area contributed by atoms with Gasteiger partial charge in [0.25, 0.3) is 5.91 Å². The third-order valence-corrected chi connectivity index (χ3v) is 9.09. The highest BCUT2D eigenvalue weighted by Gasteiger charge is 2.28. The number of anilines is 1. The molecule has 0 unspecified atom stereocenters. The summed E-state index contributed by atoms with van der Waals surface area (Å²) in [5.74, 6) is 1.11. The van der Waals surface area contributed by atoms with Gasteiger partial charge in [-0.25, -0.2) is 13.4 Å². The Balaban J connectivity index is 0.00000304. The Hall–Kier alpha value is -2.44. The maximum atomic E-state index is 13.6. The molecule has 0 bridgehead atoms. The van der Waals surface area contributed by atoms with E-state index in [1.165, 1.54) is 27.8 Å². The lowest BCUT2D eigenvalue weighted by Crippen LogP contribution is -2.33. The van der Waals surface area contributed by atoms with Crippen LogP contribution in [0.3, 0.4) is 0 Å². The highest BCUT2D eigenvalue weighted by atomic mass is 35.5. The molecular weight excluding hydrogens is 524 g/mol. The monoisotopic (exact) mass is 552 g/mol. The molecule has 3 aromatic rings. The number of ether oxygens (including phenoxy) is 2. The van der Waals surface area contributed by atoms with Crippen molar-refractivity contribution in [3.8, 4) is 11.5 Å². The number of aromatic nitrogens is 1. The predicted molar refractivity (Wildman–Crippen MR) is 142 cm³/mol. The van der Waals surface area contributed by atoms with Gasteiger partial charge in [-0.1, -0.05) is 11.3 Å². The smallest absolute Gasteiger partial charge is 0.260 e. The fraction of sp³-hybridized carbons (Fsp3) is 0.417. The van der Waals surface area contributed by atoms with E-state index < -0.39 is 10.0 Å². The molecule has 5 rings (SSSR count). The molecule has 1 aromatic heterocycles. The molecule has 3 heterocycles. The van der Waals surface area contributed by atoms with E-state index in [0.717, 1.165) is 36.0 Å². The molecule has 12 heteroatoms. The van der Waals surface area contributed by atoms with Gasteiger partial charge in [-0.3, -0.25) is 9.69 Å². The Morgan fingerprint density at radius 2 is 1.72 bits per heavy atom. The van der Waals surface area contributed by atoms with Crippen molar-refractivity contribution >= 4 is 55.0 Å². The van der Waals surface area contributed by atoms with Gasteiger partial charge in [-0.2, -0.15) is 4.31 Å². The fourth-order valence-electron chi connectivity index (χ4n) is 4.25. The van der Waals surface area contributed by atoms with Crippen LogP contribution < -0.4 is 14.4 Å². The van der Waals surface area contributed by atoms with Crippen molar-refractivity contribution < 1.29 is 22.7 Å². The molecule has 1 fully saturated rings. The van der Waals surface area contributed by atoms with Crippen molar-refractivity contribution in [2.75, 3.05) is 52.0 Å². The molecular formula is C24H29ClN4O5S2. The average Bonchev–Trinajstić information content (AvgIpc) is 3.60. The summed E-state index contributed by atoms with van der Waals surface area (Å²) in [7, 11) is 0.451. The number of thiazole rings is 1. The number of fused-ring (bicyclic) bond motifs is 2. The molecule has 2 aliphatic rings. The van der Waals surface area contributed by atoms with E-state index in [0.29, 0.717) is 41.8 Å². The molecule has 0 aliphatic carbocycles. The molecule has 0 N–H and O–H groups in total. The second-order valence-corrected chi connectivity index (χ2v) is 11.9. The summed E-state index contributed by atoms with van der Waals surface area (Å²) in [5, 5.41) is 0.584. The normalized spacial score (nSPS) is 15.4. The van der Waals surface area contributed by atoms with Crippen LogP contribution in [0.4, 0.5) is 5.13 Å². The number of rotatable bonds is 8. The SMILES string of the molecule is CN(C)CCCN(C(=O)c1ccc(S(=O)(=O)N2CCCC2)cc1)c1nc2cc3c(cc2s1)OCO3.Cl. The number of sulfonamides is 1. The molecule has 0 radical (unpaired) electrons. The first kappa shape index (κ1) is 26.6. The van der Waals surface area contributed by atoms with Gasteiger partial charge >= 0.3 is 0 Å². The maximum absolute atomic E-state index is 13.6. The highest BCUT2D eigenvalue weighted by molar-refractivity contribution is 7.89. The summed E-state index contributed by atoms with van der Waals surface area (Å²) < 4.78 is 39.1. The number of benzene rings is 2. The average molecular weight is 553 g/mol. The van der Waals surface area contributed by atoms with E-state index in [4.69, 9.17) is 14.5 Å². The summed E-state index contributed by atoms with van der Waals surface area (Å²) in [6, 6.07) is 9.95. The first-order valence-electron chi connectivity index (χ1n) is 11.6. The number of nitrogens with zero attached hydrogens (tertiary/aromatic N) is 4. The zero-order chi connectivity index (χ0) is 24.6. The molecule has 9 nitrogen and oxygen atoms in total. The van der Waals surface area contributed by atoms with E-state index in [-0.39, 0.29) is 30.0 Å². The number of hydrogen-bond donors (Lipinski definition) is 0. The number of halogens is 1. The Kier molecular flexibility index (Phi) is 8.06. The number of carbonyl (C=O) groups excluding carboxylic acids is 1. The molecule has 0 saturated carbocycles. The molecule has 2 aliphatic heterocycles. The quantitative estimate of drug-likeness (QED) is 0.419. The van der Waals surface area contributed by atoms with E-state index in [1.54, 1.807) is 17.0 Å². The van der Waals surface area contributed by atoms with Crippen molar-refractivity contribution in [1.82, 2.24) is 14.2 Å². The van der Waals surface area contributed by atoms with Gasteiger partial charge in [0.1, 0.15) is 0 Å². The van der Waals surface area contributed by atoms with Crippen LogP contribution in [0.25, 0.3) is 10.2 Å². The van der Waals surface area contributed by atoms with Crippen LogP contribution in [0, 0.1) is 0 Å². The number of amides is 1. The van der Waals surface area contributed by atoms with Crippen LogP contribution >= 0.6 is 23.7 Å². The summed E-state index contributed by atoms with van der Waals surface area (Å²) >= 11 is 1.42.